The molecule has 2 aromatic rings. The van der Waals surface area contributed by atoms with Gasteiger partial charge in [-0.3, -0.25) is 0 Å². The summed E-state index contributed by atoms with van der Waals surface area (Å²) in [5.74, 6) is 0.880. The van der Waals surface area contributed by atoms with E-state index in [1.807, 2.05) is 0 Å². The lowest BCUT2D eigenvalue weighted by Gasteiger charge is -2.10. The van der Waals surface area contributed by atoms with Crippen molar-refractivity contribution in [2.45, 2.75) is 0 Å². The Bertz CT molecular complexity index is 612. The van der Waals surface area contributed by atoms with Gasteiger partial charge in [-0.15, -0.1) is 11.3 Å². The fourth-order valence-corrected chi connectivity index (χ4v) is 2.25. The van der Waals surface area contributed by atoms with E-state index in [-0.39, 0.29) is 5.69 Å². The van der Waals surface area contributed by atoms with Gasteiger partial charge in [-0.05, 0) is 12.1 Å². The van der Waals surface area contributed by atoms with E-state index in [0.29, 0.717) is 22.3 Å². The lowest BCUT2D eigenvalue weighted by Crippen LogP contribution is -2.02. The highest BCUT2D eigenvalue weighted by Gasteiger charge is 2.12. The smallest absolute Gasteiger partial charge is 0.357 e. The molecule has 0 spiro atoms. The van der Waals surface area contributed by atoms with Crippen molar-refractivity contribution in [1.29, 1.82) is 0 Å². The maximum Gasteiger partial charge on any atom is 0.357 e. The number of nitrogens with one attached hydrogen (secondary N) is 1. The van der Waals surface area contributed by atoms with Crippen molar-refractivity contribution < 1.29 is 19.0 Å². The number of nitrogens with zero attached hydrogens (tertiary/aromatic N) is 1. The van der Waals surface area contributed by atoms with Gasteiger partial charge in [0.2, 0.25) is 0 Å². The first kappa shape index (κ1) is 14.1. The van der Waals surface area contributed by atoms with Gasteiger partial charge in [0.15, 0.2) is 10.8 Å². The van der Waals surface area contributed by atoms with Crippen LogP contribution in [0.25, 0.3) is 0 Å². The van der Waals surface area contributed by atoms with Crippen LogP contribution in [-0.4, -0.2) is 32.3 Å². The summed E-state index contributed by atoms with van der Waals surface area (Å²) in [6.45, 7) is 0. The van der Waals surface area contributed by atoms with Crippen molar-refractivity contribution in [1.82, 2.24) is 4.98 Å². The number of carbonyl (C=O) groups is 1. The Balaban J connectivity index is 2.24. The molecular formula is C13H14N2O4S. The van der Waals surface area contributed by atoms with E-state index >= 15 is 0 Å². The van der Waals surface area contributed by atoms with Gasteiger partial charge in [0.05, 0.1) is 27.0 Å². The van der Waals surface area contributed by atoms with Gasteiger partial charge in [-0.25, -0.2) is 9.78 Å². The quantitative estimate of drug-likeness (QED) is 0.855. The first-order valence-corrected chi connectivity index (χ1v) is 6.58. The number of hydrogen-bond acceptors (Lipinski definition) is 7. The molecule has 0 atom stereocenters. The predicted molar refractivity (Wildman–Crippen MR) is 76.3 cm³/mol. The third-order valence-corrected chi connectivity index (χ3v) is 3.30. The maximum atomic E-state index is 11.4. The number of aromatic nitrogens is 1. The minimum atomic E-state index is -0.466. The van der Waals surface area contributed by atoms with Crippen molar-refractivity contribution in [2.24, 2.45) is 0 Å². The van der Waals surface area contributed by atoms with E-state index < -0.39 is 5.97 Å². The molecule has 0 aliphatic heterocycles. The Hall–Kier alpha value is -2.28. The number of anilines is 2. The summed E-state index contributed by atoms with van der Waals surface area (Å²) in [4.78, 5) is 15.5. The zero-order valence-electron chi connectivity index (χ0n) is 11.3. The largest absolute Gasteiger partial charge is 0.497 e. The predicted octanol–water partition coefficient (Wildman–Crippen LogP) is 2.69. The Kier molecular flexibility index (Phi) is 4.41. The van der Waals surface area contributed by atoms with Crippen molar-refractivity contribution in [3.63, 3.8) is 0 Å². The number of rotatable bonds is 5. The van der Waals surface area contributed by atoms with Crippen LogP contribution >= 0.6 is 11.3 Å². The van der Waals surface area contributed by atoms with Gasteiger partial charge >= 0.3 is 5.97 Å². The van der Waals surface area contributed by atoms with Crippen LogP contribution in [0, 0.1) is 0 Å². The molecule has 0 saturated heterocycles. The first-order valence-electron chi connectivity index (χ1n) is 5.70. The van der Waals surface area contributed by atoms with E-state index in [4.69, 9.17) is 9.47 Å². The zero-order valence-corrected chi connectivity index (χ0v) is 12.1. The molecule has 1 N–H and O–H groups in total. The summed E-state index contributed by atoms with van der Waals surface area (Å²) in [6, 6.07) is 5.37. The lowest BCUT2D eigenvalue weighted by molar-refractivity contribution is 0.0595. The van der Waals surface area contributed by atoms with E-state index in [1.165, 1.54) is 18.4 Å². The molecule has 0 saturated carbocycles. The highest BCUT2D eigenvalue weighted by molar-refractivity contribution is 7.14. The molecule has 6 nitrogen and oxygen atoms in total. The molecule has 1 aromatic carbocycles. The second-order valence-corrected chi connectivity index (χ2v) is 4.58. The Labute approximate surface area is 120 Å². The van der Waals surface area contributed by atoms with Gasteiger partial charge in [0, 0.05) is 11.4 Å². The Morgan fingerprint density at radius 1 is 1.25 bits per heavy atom. The monoisotopic (exact) mass is 294 g/mol. The Morgan fingerprint density at radius 2 is 2.05 bits per heavy atom. The molecule has 0 aliphatic carbocycles. The molecule has 0 aliphatic rings. The third-order valence-electron chi connectivity index (χ3n) is 2.55. The zero-order chi connectivity index (χ0) is 14.5. The molecule has 1 aromatic heterocycles. The van der Waals surface area contributed by atoms with Crippen molar-refractivity contribution in [3.05, 3.63) is 29.3 Å². The lowest BCUT2D eigenvalue weighted by atomic mass is 10.2. The summed E-state index contributed by atoms with van der Waals surface area (Å²) in [5, 5.41) is 5.28. The normalized spacial score (nSPS) is 9.95. The molecular weight excluding hydrogens is 280 g/mol. The highest BCUT2D eigenvalue weighted by Crippen LogP contribution is 2.32. The molecule has 2 rings (SSSR count). The molecule has 106 valence electrons. The topological polar surface area (TPSA) is 69.7 Å². The number of benzene rings is 1. The van der Waals surface area contributed by atoms with E-state index in [9.17, 15) is 4.79 Å². The van der Waals surface area contributed by atoms with Crippen LogP contribution in [0.3, 0.4) is 0 Å². The standard InChI is InChI=1S/C13H14N2O4S/c1-17-8-4-5-11(18-2)9(6-8)14-13-15-10(7-20-13)12(16)19-3/h4-7H,1-3H3,(H,14,15). The SMILES string of the molecule is COC(=O)c1csc(Nc2cc(OC)ccc2OC)n1. The van der Waals surface area contributed by atoms with Crippen LogP contribution in [0.5, 0.6) is 11.5 Å². The van der Waals surface area contributed by atoms with Gasteiger partial charge < -0.3 is 19.5 Å². The fourth-order valence-electron chi connectivity index (χ4n) is 1.56. The van der Waals surface area contributed by atoms with Gasteiger partial charge in [-0.1, -0.05) is 0 Å². The van der Waals surface area contributed by atoms with Gasteiger partial charge in [-0.2, -0.15) is 0 Å². The number of carbonyl (C=O) groups excluding carboxylic acids is 1. The summed E-state index contributed by atoms with van der Waals surface area (Å²) < 4.78 is 15.0. The van der Waals surface area contributed by atoms with Crippen LogP contribution in [0.4, 0.5) is 10.8 Å². The minimum Gasteiger partial charge on any atom is -0.497 e. The van der Waals surface area contributed by atoms with Crippen LogP contribution in [-0.2, 0) is 4.74 Å². The van der Waals surface area contributed by atoms with Crippen molar-refractivity contribution >= 4 is 28.1 Å². The number of thiazole rings is 1. The van der Waals surface area contributed by atoms with Crippen molar-refractivity contribution in [3.8, 4) is 11.5 Å². The minimum absolute atomic E-state index is 0.266. The van der Waals surface area contributed by atoms with Crippen molar-refractivity contribution in [2.75, 3.05) is 26.6 Å². The second kappa shape index (κ2) is 6.25. The van der Waals surface area contributed by atoms with Crippen LogP contribution < -0.4 is 14.8 Å². The van der Waals surface area contributed by atoms with Crippen LogP contribution in [0.1, 0.15) is 10.5 Å². The molecule has 0 unspecified atom stereocenters. The first-order chi connectivity index (χ1) is 9.67. The van der Waals surface area contributed by atoms with Crippen LogP contribution in [0.15, 0.2) is 23.6 Å². The van der Waals surface area contributed by atoms with Gasteiger partial charge in [0.25, 0.3) is 0 Å². The maximum absolute atomic E-state index is 11.4. The number of hydrogen-bond donors (Lipinski definition) is 1. The molecule has 7 heteroatoms. The molecule has 0 bridgehead atoms. The summed E-state index contributed by atoms with van der Waals surface area (Å²) in [6.07, 6.45) is 0. The number of esters is 1. The third kappa shape index (κ3) is 3.00. The van der Waals surface area contributed by atoms with E-state index in [1.54, 1.807) is 37.8 Å². The molecule has 0 radical (unpaired) electrons. The average molecular weight is 294 g/mol. The van der Waals surface area contributed by atoms with Crippen LogP contribution in [0.2, 0.25) is 0 Å². The fraction of sp³-hybridized carbons (Fsp3) is 0.231. The average Bonchev–Trinajstić information content (AvgIpc) is 2.94. The number of methoxy groups -OCH3 is 3. The number of ether oxygens (including phenoxy) is 3. The van der Waals surface area contributed by atoms with E-state index in [2.05, 4.69) is 15.0 Å². The molecule has 1 heterocycles. The Morgan fingerprint density at radius 3 is 2.70 bits per heavy atom. The summed E-state index contributed by atoms with van der Waals surface area (Å²) in [7, 11) is 4.49. The molecule has 0 amide bonds. The second-order valence-electron chi connectivity index (χ2n) is 3.72. The van der Waals surface area contributed by atoms with E-state index in [0.717, 1.165) is 0 Å². The highest BCUT2D eigenvalue weighted by atomic mass is 32.1. The molecule has 0 fully saturated rings. The summed E-state index contributed by atoms with van der Waals surface area (Å²) >= 11 is 1.30. The van der Waals surface area contributed by atoms with Gasteiger partial charge in [0.1, 0.15) is 11.5 Å². The summed E-state index contributed by atoms with van der Waals surface area (Å²) in [5.41, 5.74) is 0.972. The molecule has 20 heavy (non-hydrogen) atoms.